The predicted molar refractivity (Wildman–Crippen MR) is 152 cm³/mol. The summed E-state index contributed by atoms with van der Waals surface area (Å²) >= 11 is 12.1. The second-order valence-corrected chi connectivity index (χ2v) is 11.0. The molecule has 0 aromatic heterocycles. The van der Waals surface area contributed by atoms with E-state index in [-0.39, 0.29) is 42.6 Å². The van der Waals surface area contributed by atoms with E-state index in [0.717, 1.165) is 32.5 Å². The molecule has 208 valence electrons. The summed E-state index contributed by atoms with van der Waals surface area (Å²) in [4.78, 5) is 43.1. The third-order valence-electron chi connectivity index (χ3n) is 7.83. The molecular formula is C27H41Cl3N4O3. The third kappa shape index (κ3) is 9.31. The molecule has 7 nitrogen and oxygen atoms in total. The minimum Gasteiger partial charge on any atom is -0.355 e. The molecular weight excluding hydrogens is 535 g/mol. The summed E-state index contributed by atoms with van der Waals surface area (Å²) in [6, 6.07) is 3.81. The van der Waals surface area contributed by atoms with E-state index in [1.807, 2.05) is 4.90 Å². The highest BCUT2D eigenvalue weighted by Gasteiger charge is 2.39. The zero-order valence-electron chi connectivity index (χ0n) is 22.0. The van der Waals surface area contributed by atoms with Crippen LogP contribution in [0.15, 0.2) is 18.2 Å². The van der Waals surface area contributed by atoms with Crippen molar-refractivity contribution in [1.29, 1.82) is 0 Å². The van der Waals surface area contributed by atoms with E-state index in [2.05, 4.69) is 29.4 Å². The number of nitrogens with one attached hydrogen (secondary N) is 2. The topological polar surface area (TPSA) is 81.8 Å². The lowest BCUT2D eigenvalue weighted by molar-refractivity contribution is -0.136. The van der Waals surface area contributed by atoms with E-state index in [1.54, 1.807) is 6.07 Å². The number of nitrogens with zero attached hydrogens (tertiary/aromatic N) is 2. The van der Waals surface area contributed by atoms with Crippen LogP contribution in [0.4, 0.5) is 0 Å². The number of hydrogen-bond acceptors (Lipinski definition) is 4. The average molecular weight is 576 g/mol. The molecule has 2 N–H and O–H groups in total. The molecule has 1 aliphatic heterocycles. The first-order valence-electron chi connectivity index (χ1n) is 13.3. The van der Waals surface area contributed by atoms with Crippen molar-refractivity contribution < 1.29 is 14.4 Å². The van der Waals surface area contributed by atoms with Crippen LogP contribution in [0.2, 0.25) is 10.0 Å². The highest BCUT2D eigenvalue weighted by Crippen LogP contribution is 2.46. The Balaban J connectivity index is 0.00000481. The molecule has 1 atom stereocenters. The van der Waals surface area contributed by atoms with Crippen LogP contribution in [0.1, 0.15) is 75.6 Å². The van der Waals surface area contributed by atoms with Gasteiger partial charge in [0.05, 0.1) is 0 Å². The van der Waals surface area contributed by atoms with Crippen molar-refractivity contribution >= 4 is 53.3 Å². The van der Waals surface area contributed by atoms with Gasteiger partial charge in [0.15, 0.2) is 0 Å². The molecule has 1 aromatic rings. The average Bonchev–Trinajstić information content (AvgIpc) is 3.31. The second kappa shape index (κ2) is 15.2. The van der Waals surface area contributed by atoms with Crippen molar-refractivity contribution in [2.45, 2.75) is 71.3 Å². The summed E-state index contributed by atoms with van der Waals surface area (Å²) in [5.41, 5.74) is 0.676. The predicted octanol–water partition coefficient (Wildman–Crippen LogP) is 4.93. The molecule has 37 heavy (non-hydrogen) atoms. The van der Waals surface area contributed by atoms with Crippen molar-refractivity contribution in [2.24, 2.45) is 5.41 Å². The molecule has 2 aliphatic rings. The van der Waals surface area contributed by atoms with Gasteiger partial charge in [-0.15, -0.1) is 12.4 Å². The fourth-order valence-corrected chi connectivity index (χ4v) is 6.01. The zero-order chi connectivity index (χ0) is 26.1. The van der Waals surface area contributed by atoms with Gasteiger partial charge in [-0.3, -0.25) is 14.4 Å². The highest BCUT2D eigenvalue weighted by atomic mass is 35.5. The molecule has 0 radical (unpaired) electrons. The molecule has 3 rings (SSSR count). The Hall–Kier alpha value is -1.54. The Morgan fingerprint density at radius 3 is 2.16 bits per heavy atom. The maximum atomic E-state index is 13.5. The first-order chi connectivity index (χ1) is 17.2. The Morgan fingerprint density at radius 1 is 1.00 bits per heavy atom. The van der Waals surface area contributed by atoms with Crippen molar-refractivity contribution in [3.05, 3.63) is 33.8 Å². The van der Waals surface area contributed by atoms with E-state index in [9.17, 15) is 14.4 Å². The number of likely N-dealkylation sites (N-methyl/N-ethyl adjacent to an activating group) is 1. The van der Waals surface area contributed by atoms with Crippen LogP contribution in [-0.2, 0) is 9.59 Å². The van der Waals surface area contributed by atoms with E-state index >= 15 is 0 Å². The highest BCUT2D eigenvalue weighted by molar-refractivity contribution is 6.35. The lowest BCUT2D eigenvalue weighted by Gasteiger charge is -2.40. The molecule has 2 fully saturated rings. The van der Waals surface area contributed by atoms with Crippen LogP contribution in [0.3, 0.4) is 0 Å². The normalized spacial score (nSPS) is 17.4. The lowest BCUT2D eigenvalue weighted by atomic mass is 9.77. The minimum absolute atomic E-state index is 0. The zero-order valence-corrected chi connectivity index (χ0v) is 24.3. The van der Waals surface area contributed by atoms with Crippen LogP contribution in [0.25, 0.3) is 0 Å². The SMILES string of the molecule is CCN(CC)CCNC(=O)CCC(NC(=O)c1cc(Cl)cc(Cl)c1)C(=O)N1CCC2(CCCC2)CC1.Cl. The van der Waals surface area contributed by atoms with Gasteiger partial charge in [-0.1, -0.05) is 49.9 Å². The van der Waals surface area contributed by atoms with Gasteiger partial charge < -0.3 is 20.4 Å². The number of halogens is 3. The second-order valence-electron chi connectivity index (χ2n) is 10.1. The van der Waals surface area contributed by atoms with Crippen molar-refractivity contribution in [3.63, 3.8) is 0 Å². The van der Waals surface area contributed by atoms with E-state index in [0.29, 0.717) is 35.1 Å². The standard InChI is InChI=1S/C27H40Cl2N4O3.ClH/c1-3-32(4-2)16-13-30-24(34)8-7-23(31-25(35)20-17-21(28)19-22(29)18-20)26(36)33-14-11-27(12-15-33)9-5-6-10-27;/h17-19,23H,3-16H2,1-2H3,(H,30,34)(H,31,35);1H. The molecule has 1 unspecified atom stereocenters. The molecule has 1 aromatic carbocycles. The first-order valence-corrected chi connectivity index (χ1v) is 14.1. The quantitative estimate of drug-likeness (QED) is 0.392. The van der Waals surface area contributed by atoms with Crippen LogP contribution in [-0.4, -0.2) is 72.8 Å². The van der Waals surface area contributed by atoms with Gasteiger partial charge in [-0.25, -0.2) is 0 Å². The Morgan fingerprint density at radius 2 is 1.59 bits per heavy atom. The lowest BCUT2D eigenvalue weighted by Crippen LogP contribution is -2.52. The Bertz CT molecular complexity index is 890. The number of rotatable bonds is 11. The minimum atomic E-state index is -0.790. The summed E-state index contributed by atoms with van der Waals surface area (Å²) in [6.45, 7) is 8.77. The number of carbonyl (C=O) groups excluding carboxylic acids is 3. The fraction of sp³-hybridized carbons (Fsp3) is 0.667. The summed E-state index contributed by atoms with van der Waals surface area (Å²) in [5.74, 6) is -0.673. The van der Waals surface area contributed by atoms with Crippen molar-refractivity contribution in [1.82, 2.24) is 20.4 Å². The molecule has 3 amide bonds. The summed E-state index contributed by atoms with van der Waals surface area (Å²) in [7, 11) is 0. The monoisotopic (exact) mass is 574 g/mol. The molecule has 1 saturated heterocycles. The van der Waals surface area contributed by atoms with E-state index < -0.39 is 11.9 Å². The number of carbonyl (C=O) groups is 3. The maximum Gasteiger partial charge on any atom is 0.252 e. The van der Waals surface area contributed by atoms with E-state index in [1.165, 1.54) is 37.8 Å². The summed E-state index contributed by atoms with van der Waals surface area (Å²) in [6.07, 6.45) is 7.46. The molecule has 1 aliphatic carbocycles. The molecule has 10 heteroatoms. The number of benzene rings is 1. The van der Waals surface area contributed by atoms with Gasteiger partial charge >= 0.3 is 0 Å². The third-order valence-corrected chi connectivity index (χ3v) is 8.27. The van der Waals surface area contributed by atoms with Crippen LogP contribution < -0.4 is 10.6 Å². The van der Waals surface area contributed by atoms with Crippen LogP contribution >= 0.6 is 35.6 Å². The smallest absolute Gasteiger partial charge is 0.252 e. The van der Waals surface area contributed by atoms with Gasteiger partial charge in [-0.2, -0.15) is 0 Å². The fourth-order valence-electron chi connectivity index (χ4n) is 5.49. The molecule has 1 heterocycles. The summed E-state index contributed by atoms with van der Waals surface area (Å²) < 4.78 is 0. The number of hydrogen-bond donors (Lipinski definition) is 2. The first kappa shape index (κ1) is 31.7. The number of piperidine rings is 1. The van der Waals surface area contributed by atoms with Crippen molar-refractivity contribution in [3.8, 4) is 0 Å². The van der Waals surface area contributed by atoms with Crippen LogP contribution in [0.5, 0.6) is 0 Å². The van der Waals surface area contributed by atoms with Crippen molar-refractivity contribution in [2.75, 3.05) is 39.3 Å². The molecule has 0 bridgehead atoms. The maximum absolute atomic E-state index is 13.5. The van der Waals surface area contributed by atoms with Gasteiger partial charge in [0.25, 0.3) is 5.91 Å². The molecule has 1 saturated carbocycles. The van der Waals surface area contributed by atoms with Crippen LogP contribution in [0, 0.1) is 5.41 Å². The van der Waals surface area contributed by atoms with E-state index in [4.69, 9.17) is 23.2 Å². The number of amides is 3. The van der Waals surface area contributed by atoms with Gasteiger partial charge in [0.1, 0.15) is 6.04 Å². The Labute approximate surface area is 237 Å². The summed E-state index contributed by atoms with van der Waals surface area (Å²) in [5, 5.41) is 6.49. The van der Waals surface area contributed by atoms with Gasteiger partial charge in [0.2, 0.25) is 11.8 Å². The largest absolute Gasteiger partial charge is 0.355 e. The molecule has 1 spiro atoms. The van der Waals surface area contributed by atoms with Gasteiger partial charge in [-0.05, 0) is 68.8 Å². The van der Waals surface area contributed by atoms with Gasteiger partial charge in [0, 0.05) is 48.2 Å². The number of likely N-dealkylation sites (tertiary alicyclic amines) is 1. The Kier molecular flexibility index (Phi) is 13.0.